The Balaban J connectivity index is 1.39. The zero-order chi connectivity index (χ0) is 44.0. The van der Waals surface area contributed by atoms with E-state index in [1.807, 2.05) is 24.3 Å². The van der Waals surface area contributed by atoms with Crippen LogP contribution < -0.4 is 20.9 Å². The highest BCUT2D eigenvalue weighted by Gasteiger charge is 2.50. The van der Waals surface area contributed by atoms with Gasteiger partial charge < -0.3 is 40.6 Å². The number of hydrogen-bond acceptors (Lipinski definition) is 12. The molecule has 0 bridgehead atoms. The van der Waals surface area contributed by atoms with E-state index < -0.39 is 41.1 Å². The number of rotatable bonds is 26. The molecule has 12 nitrogen and oxygen atoms in total. The third kappa shape index (κ3) is 15.7. The molecule has 0 aliphatic carbocycles. The Morgan fingerprint density at radius 1 is 0.574 bits per heavy atom. The van der Waals surface area contributed by atoms with Gasteiger partial charge in [0.15, 0.2) is 11.6 Å². The van der Waals surface area contributed by atoms with Crippen LogP contribution in [0, 0.1) is 5.41 Å². The fraction of sp³-hybridized carbons (Fsp3) is 0.347. The standard InChI is InChI=1S/C49H58N2O10/c1-58-45(54)27-21-35-17-23-41(24-18-35)60-29-7-3-5-15-43(52)47(56)49(33-37-11-9-13-39(50)31-37,34-38-12-10-14-40(51)32-38)48(57)44(53)16-6-4-8-30-61-42-25-19-36(20-26-42)22-28-46(55)59-2/h9-14,17-28,31-32,47-48,56-57H,3-8,15-16,29-30,33-34,50-51H2,1-2H3/b27-21+,28-22+. The monoisotopic (exact) mass is 834 g/mol. The van der Waals surface area contributed by atoms with Gasteiger partial charge in [-0.05, 0) is 134 Å². The SMILES string of the molecule is COC(=O)/C=C/c1ccc(OCCCCCC(=O)C(O)C(Cc2cccc(N)c2)(Cc2cccc(N)c2)C(O)C(=O)CCCCCOc2ccc(/C=C/C(=O)OC)cc2)cc1. The van der Waals surface area contributed by atoms with Crippen LogP contribution in [0.4, 0.5) is 11.4 Å². The molecule has 0 amide bonds. The number of methoxy groups -OCH3 is 2. The topological polar surface area (TPSA) is 198 Å². The van der Waals surface area contributed by atoms with Crippen molar-refractivity contribution in [2.45, 2.75) is 76.4 Å². The summed E-state index contributed by atoms with van der Waals surface area (Å²) in [6.45, 7) is 0.819. The average Bonchev–Trinajstić information content (AvgIpc) is 3.26. The summed E-state index contributed by atoms with van der Waals surface area (Å²) in [5, 5.41) is 24.2. The van der Waals surface area contributed by atoms with E-state index in [9.17, 15) is 29.4 Å². The number of nitrogen functional groups attached to an aromatic ring is 2. The summed E-state index contributed by atoms with van der Waals surface area (Å²) < 4.78 is 20.9. The minimum atomic E-state index is -1.69. The van der Waals surface area contributed by atoms with Gasteiger partial charge in [-0.2, -0.15) is 0 Å². The molecule has 0 saturated carbocycles. The van der Waals surface area contributed by atoms with Crippen molar-refractivity contribution < 1.29 is 48.3 Å². The summed E-state index contributed by atoms with van der Waals surface area (Å²) in [5.74, 6) is -0.499. The second-order valence-electron chi connectivity index (χ2n) is 15.0. The lowest BCUT2D eigenvalue weighted by atomic mass is 9.65. The highest BCUT2D eigenvalue weighted by Crippen LogP contribution is 2.39. The smallest absolute Gasteiger partial charge is 0.330 e. The van der Waals surface area contributed by atoms with E-state index in [4.69, 9.17) is 20.9 Å². The molecule has 4 rings (SSSR count). The molecule has 2 atom stereocenters. The van der Waals surface area contributed by atoms with E-state index >= 15 is 0 Å². The van der Waals surface area contributed by atoms with Crippen molar-refractivity contribution in [1.29, 1.82) is 0 Å². The molecule has 12 heteroatoms. The van der Waals surface area contributed by atoms with E-state index in [-0.39, 0.29) is 25.7 Å². The summed E-state index contributed by atoms with van der Waals surface area (Å²) in [5.41, 5.74) is 14.6. The fourth-order valence-electron chi connectivity index (χ4n) is 7.03. The number of carbonyl (C=O) groups excluding carboxylic acids is 4. The number of nitrogens with two attached hydrogens (primary N) is 2. The van der Waals surface area contributed by atoms with Crippen LogP contribution >= 0.6 is 0 Å². The Labute approximate surface area is 358 Å². The molecule has 324 valence electrons. The zero-order valence-electron chi connectivity index (χ0n) is 35.0. The molecule has 61 heavy (non-hydrogen) atoms. The average molecular weight is 835 g/mol. The van der Waals surface area contributed by atoms with Crippen molar-refractivity contribution in [3.05, 3.63) is 131 Å². The van der Waals surface area contributed by atoms with Crippen LogP contribution in [-0.2, 0) is 41.5 Å². The van der Waals surface area contributed by atoms with Crippen LogP contribution in [0.2, 0.25) is 0 Å². The molecule has 0 aliphatic rings. The van der Waals surface area contributed by atoms with Gasteiger partial charge in [-0.1, -0.05) is 48.5 Å². The molecule has 0 aromatic heterocycles. The molecular weight excluding hydrogens is 777 g/mol. The Morgan fingerprint density at radius 3 is 1.33 bits per heavy atom. The maximum absolute atomic E-state index is 13.9. The minimum Gasteiger partial charge on any atom is -0.494 e. The van der Waals surface area contributed by atoms with Crippen molar-refractivity contribution in [3.8, 4) is 11.5 Å². The predicted octanol–water partition coefficient (Wildman–Crippen LogP) is 7.13. The molecule has 4 aromatic rings. The van der Waals surface area contributed by atoms with Crippen LogP contribution in [0.1, 0.15) is 73.6 Å². The Bertz CT molecular complexity index is 1930. The van der Waals surface area contributed by atoms with Crippen molar-refractivity contribution in [2.75, 3.05) is 38.9 Å². The van der Waals surface area contributed by atoms with Gasteiger partial charge in [0.2, 0.25) is 0 Å². The number of ether oxygens (including phenoxy) is 4. The largest absolute Gasteiger partial charge is 0.494 e. The van der Waals surface area contributed by atoms with Crippen LogP contribution in [0.25, 0.3) is 12.2 Å². The summed E-state index contributed by atoms with van der Waals surface area (Å²) in [7, 11) is 2.63. The predicted molar refractivity (Wildman–Crippen MR) is 236 cm³/mol. The third-order valence-corrected chi connectivity index (χ3v) is 10.3. The highest BCUT2D eigenvalue weighted by atomic mass is 16.5. The number of benzene rings is 4. The molecule has 0 saturated heterocycles. The molecule has 2 unspecified atom stereocenters. The summed E-state index contributed by atoms with van der Waals surface area (Å²) in [6.07, 6.45) is 6.18. The first-order valence-corrected chi connectivity index (χ1v) is 20.5. The van der Waals surface area contributed by atoms with E-state index in [0.717, 1.165) is 11.1 Å². The zero-order valence-corrected chi connectivity index (χ0v) is 35.0. The minimum absolute atomic E-state index is 0.00285. The van der Waals surface area contributed by atoms with Crippen LogP contribution in [-0.4, -0.2) is 73.4 Å². The molecule has 0 radical (unpaired) electrons. The first-order chi connectivity index (χ1) is 29.4. The van der Waals surface area contributed by atoms with Crippen molar-refractivity contribution >= 4 is 47.0 Å². The van der Waals surface area contributed by atoms with Crippen LogP contribution in [0.15, 0.2) is 109 Å². The molecular formula is C49H58N2O10. The molecule has 0 spiro atoms. The summed E-state index contributed by atoms with van der Waals surface area (Å²) in [6, 6.07) is 28.5. The van der Waals surface area contributed by atoms with Gasteiger partial charge in [-0.15, -0.1) is 0 Å². The maximum atomic E-state index is 13.9. The Morgan fingerprint density at radius 2 is 0.967 bits per heavy atom. The lowest BCUT2D eigenvalue weighted by Crippen LogP contribution is -2.55. The number of esters is 2. The van der Waals surface area contributed by atoms with Gasteiger partial charge >= 0.3 is 11.9 Å². The molecule has 6 N–H and O–H groups in total. The molecule has 0 aliphatic heterocycles. The lowest BCUT2D eigenvalue weighted by Gasteiger charge is -2.41. The third-order valence-electron chi connectivity index (χ3n) is 10.3. The van der Waals surface area contributed by atoms with Gasteiger partial charge in [0.1, 0.15) is 23.7 Å². The fourth-order valence-corrected chi connectivity index (χ4v) is 7.03. The second kappa shape index (κ2) is 24.7. The molecule has 0 heterocycles. The van der Waals surface area contributed by atoms with E-state index in [1.165, 1.54) is 26.4 Å². The second-order valence-corrected chi connectivity index (χ2v) is 15.0. The van der Waals surface area contributed by atoms with Gasteiger partial charge in [0, 0.05) is 41.8 Å². The van der Waals surface area contributed by atoms with E-state index in [2.05, 4.69) is 9.47 Å². The van der Waals surface area contributed by atoms with Crippen molar-refractivity contribution in [1.82, 2.24) is 0 Å². The Hall–Kier alpha value is -6.24. The number of ketones is 2. The molecule has 4 aromatic carbocycles. The number of hydrogen-bond donors (Lipinski definition) is 4. The quantitative estimate of drug-likeness (QED) is 0.0216. The number of anilines is 2. The molecule has 0 fully saturated rings. The van der Waals surface area contributed by atoms with Gasteiger partial charge in [-0.25, -0.2) is 9.59 Å². The number of carbonyl (C=O) groups is 4. The first kappa shape index (κ1) is 47.4. The summed E-state index contributed by atoms with van der Waals surface area (Å²) in [4.78, 5) is 50.6. The number of unbranched alkanes of at least 4 members (excludes halogenated alkanes) is 4. The first-order valence-electron chi connectivity index (χ1n) is 20.5. The number of aliphatic hydroxyl groups excluding tert-OH is 2. The van der Waals surface area contributed by atoms with Gasteiger partial charge in [0.25, 0.3) is 0 Å². The van der Waals surface area contributed by atoms with Gasteiger partial charge in [0.05, 0.1) is 27.4 Å². The Kier molecular flexibility index (Phi) is 19.2. The van der Waals surface area contributed by atoms with Crippen LogP contribution in [0.5, 0.6) is 11.5 Å². The highest BCUT2D eigenvalue weighted by molar-refractivity contribution is 5.89. The normalized spacial score (nSPS) is 12.5. The van der Waals surface area contributed by atoms with Crippen molar-refractivity contribution in [2.24, 2.45) is 5.41 Å². The van der Waals surface area contributed by atoms with Crippen molar-refractivity contribution in [3.63, 3.8) is 0 Å². The maximum Gasteiger partial charge on any atom is 0.330 e. The number of aliphatic hydroxyl groups is 2. The van der Waals surface area contributed by atoms with Gasteiger partial charge in [-0.3, -0.25) is 9.59 Å². The van der Waals surface area contributed by atoms with Crippen LogP contribution in [0.3, 0.4) is 0 Å². The number of Topliss-reactive ketones (excluding diaryl/α,β-unsaturated/α-hetero) is 2. The van der Waals surface area contributed by atoms with E-state index in [1.54, 1.807) is 84.9 Å². The lowest BCUT2D eigenvalue weighted by molar-refractivity contribution is -0.152. The van der Waals surface area contributed by atoms with E-state index in [0.29, 0.717) is 85.7 Å². The summed E-state index contributed by atoms with van der Waals surface area (Å²) >= 11 is 0.